The first-order valence-electron chi connectivity index (χ1n) is 10.00. The van der Waals surface area contributed by atoms with Gasteiger partial charge in [-0.05, 0) is 51.6 Å². The predicted octanol–water partition coefficient (Wildman–Crippen LogP) is 1.83. The number of hydrogen-bond donors (Lipinski definition) is 2. The highest BCUT2D eigenvalue weighted by Gasteiger charge is 2.22. The molecular weight excluding hydrogens is 370 g/mol. The highest BCUT2D eigenvalue weighted by Crippen LogP contribution is 2.29. The van der Waals surface area contributed by atoms with Gasteiger partial charge in [-0.15, -0.1) is 0 Å². The molecule has 0 aliphatic carbocycles. The zero-order valence-corrected chi connectivity index (χ0v) is 17.1. The van der Waals surface area contributed by atoms with Crippen LogP contribution in [0.5, 0.6) is 0 Å². The maximum absolute atomic E-state index is 12.8. The summed E-state index contributed by atoms with van der Waals surface area (Å²) >= 11 is 0. The monoisotopic (exact) mass is 397 g/mol. The van der Waals surface area contributed by atoms with E-state index in [9.17, 15) is 9.59 Å². The van der Waals surface area contributed by atoms with E-state index < -0.39 is 0 Å². The van der Waals surface area contributed by atoms with E-state index in [4.69, 9.17) is 4.74 Å². The number of H-pyrrole nitrogens is 1. The molecule has 0 bridgehead atoms. The summed E-state index contributed by atoms with van der Waals surface area (Å²) in [5, 5.41) is 8.89. The lowest BCUT2D eigenvalue weighted by Gasteiger charge is -2.23. The number of aromatic amines is 1. The zero-order valence-electron chi connectivity index (χ0n) is 17.1. The molecule has 0 spiro atoms. The van der Waals surface area contributed by atoms with Crippen LogP contribution in [0.15, 0.2) is 23.1 Å². The SMILES string of the molecule is Cc1cc2[nH]c(=O)c3cnn(C4CCOCC4)c3c2cc1C(=O)NCCN(C)C. The molecule has 0 saturated carbocycles. The second kappa shape index (κ2) is 7.96. The minimum absolute atomic E-state index is 0.109. The number of aryl methyl sites for hydroxylation is 1. The number of fused-ring (bicyclic) bond motifs is 3. The van der Waals surface area contributed by atoms with E-state index in [0.29, 0.717) is 30.7 Å². The van der Waals surface area contributed by atoms with Crippen LogP contribution in [0.2, 0.25) is 0 Å². The van der Waals surface area contributed by atoms with E-state index in [1.54, 1.807) is 6.20 Å². The van der Waals surface area contributed by atoms with Crippen LogP contribution in [-0.2, 0) is 4.74 Å². The van der Waals surface area contributed by atoms with E-state index in [0.717, 1.165) is 41.4 Å². The second-order valence-electron chi connectivity index (χ2n) is 7.92. The molecule has 1 aliphatic heterocycles. The highest BCUT2D eigenvalue weighted by atomic mass is 16.5. The van der Waals surface area contributed by atoms with Crippen LogP contribution >= 0.6 is 0 Å². The summed E-state index contributed by atoms with van der Waals surface area (Å²) in [7, 11) is 3.94. The molecule has 1 amide bonds. The van der Waals surface area contributed by atoms with Crippen LogP contribution in [0.1, 0.15) is 34.8 Å². The standard InChI is InChI=1S/C21H27N5O3/c1-13-10-18-16(11-15(13)20(27)22-6-7-25(2)3)19-17(21(28)24-18)12-23-26(19)14-4-8-29-9-5-14/h10-12,14H,4-9H2,1-3H3,(H,22,27)(H,24,28). The van der Waals surface area contributed by atoms with Crippen LogP contribution in [0.4, 0.5) is 0 Å². The van der Waals surface area contributed by atoms with E-state index in [1.807, 2.05) is 42.7 Å². The first kappa shape index (κ1) is 19.6. The molecule has 8 heteroatoms. The Bertz CT molecular complexity index is 1110. The summed E-state index contributed by atoms with van der Waals surface area (Å²) in [6, 6.07) is 3.94. The van der Waals surface area contributed by atoms with Crippen molar-refractivity contribution in [2.45, 2.75) is 25.8 Å². The molecule has 1 saturated heterocycles. The Morgan fingerprint density at radius 1 is 1.31 bits per heavy atom. The van der Waals surface area contributed by atoms with Crippen molar-refractivity contribution in [3.05, 3.63) is 39.8 Å². The van der Waals surface area contributed by atoms with Gasteiger partial charge in [-0.3, -0.25) is 14.3 Å². The van der Waals surface area contributed by atoms with Gasteiger partial charge < -0.3 is 19.9 Å². The fourth-order valence-corrected chi connectivity index (χ4v) is 3.93. The molecule has 3 aromatic rings. The third kappa shape index (κ3) is 3.77. The topological polar surface area (TPSA) is 92.2 Å². The molecule has 0 atom stereocenters. The number of amides is 1. The number of likely N-dealkylation sites (N-methyl/N-ethyl adjacent to an activating group) is 1. The number of ether oxygens (including phenoxy) is 1. The zero-order chi connectivity index (χ0) is 20.5. The number of aromatic nitrogens is 3. The summed E-state index contributed by atoms with van der Waals surface area (Å²) in [4.78, 5) is 30.3. The fraction of sp³-hybridized carbons (Fsp3) is 0.476. The molecule has 2 N–H and O–H groups in total. The summed E-state index contributed by atoms with van der Waals surface area (Å²) in [6.45, 7) is 4.60. The Kier molecular flexibility index (Phi) is 5.38. The van der Waals surface area contributed by atoms with Gasteiger partial charge >= 0.3 is 0 Å². The summed E-state index contributed by atoms with van der Waals surface area (Å²) in [5.41, 5.74) is 2.79. The van der Waals surface area contributed by atoms with Crippen molar-refractivity contribution in [3.63, 3.8) is 0 Å². The lowest BCUT2D eigenvalue weighted by molar-refractivity contribution is 0.0675. The Hall–Kier alpha value is -2.71. The highest BCUT2D eigenvalue weighted by molar-refractivity contribution is 6.07. The Morgan fingerprint density at radius 3 is 2.79 bits per heavy atom. The Morgan fingerprint density at radius 2 is 2.07 bits per heavy atom. The largest absolute Gasteiger partial charge is 0.381 e. The number of nitrogens with one attached hydrogen (secondary N) is 2. The minimum atomic E-state index is -0.159. The molecule has 8 nitrogen and oxygen atoms in total. The number of hydrogen-bond acceptors (Lipinski definition) is 5. The number of pyridine rings is 1. The van der Waals surface area contributed by atoms with Crippen molar-refractivity contribution in [1.82, 2.24) is 25.0 Å². The molecule has 1 aromatic carbocycles. The first-order chi connectivity index (χ1) is 14.0. The van der Waals surface area contributed by atoms with Gasteiger partial charge in [0.15, 0.2) is 0 Å². The Labute approximate surface area is 168 Å². The molecule has 1 fully saturated rings. The summed E-state index contributed by atoms with van der Waals surface area (Å²) in [5.74, 6) is -0.109. The molecule has 2 aromatic heterocycles. The number of carbonyl (C=O) groups is 1. The molecule has 1 aliphatic rings. The van der Waals surface area contributed by atoms with Crippen molar-refractivity contribution < 1.29 is 9.53 Å². The lowest BCUT2D eigenvalue weighted by atomic mass is 10.0. The number of rotatable bonds is 5. The number of benzene rings is 1. The molecule has 0 radical (unpaired) electrons. The molecular formula is C21H27N5O3. The van der Waals surface area contributed by atoms with Gasteiger partial charge in [0.1, 0.15) is 0 Å². The third-order valence-corrected chi connectivity index (χ3v) is 5.53. The van der Waals surface area contributed by atoms with Crippen LogP contribution < -0.4 is 10.9 Å². The average molecular weight is 397 g/mol. The van der Waals surface area contributed by atoms with Crippen LogP contribution in [0.3, 0.4) is 0 Å². The van der Waals surface area contributed by atoms with E-state index in [-0.39, 0.29) is 17.5 Å². The summed E-state index contributed by atoms with van der Waals surface area (Å²) < 4.78 is 7.42. The van der Waals surface area contributed by atoms with Gasteiger partial charge in [-0.1, -0.05) is 0 Å². The van der Waals surface area contributed by atoms with Gasteiger partial charge in [-0.25, -0.2) is 0 Å². The van der Waals surface area contributed by atoms with Crippen molar-refractivity contribution in [2.75, 3.05) is 40.4 Å². The molecule has 29 heavy (non-hydrogen) atoms. The predicted molar refractivity (Wildman–Crippen MR) is 113 cm³/mol. The van der Waals surface area contributed by atoms with Gasteiger partial charge in [-0.2, -0.15) is 5.10 Å². The van der Waals surface area contributed by atoms with Gasteiger partial charge in [0.2, 0.25) is 0 Å². The molecule has 154 valence electrons. The first-order valence-corrected chi connectivity index (χ1v) is 10.00. The smallest absolute Gasteiger partial charge is 0.259 e. The quantitative estimate of drug-likeness (QED) is 0.685. The maximum Gasteiger partial charge on any atom is 0.259 e. The average Bonchev–Trinajstić information content (AvgIpc) is 3.14. The molecule has 3 heterocycles. The van der Waals surface area contributed by atoms with Crippen molar-refractivity contribution in [3.8, 4) is 0 Å². The minimum Gasteiger partial charge on any atom is -0.381 e. The second-order valence-corrected chi connectivity index (χ2v) is 7.92. The third-order valence-electron chi connectivity index (χ3n) is 5.53. The molecule has 4 rings (SSSR count). The van der Waals surface area contributed by atoms with Gasteiger partial charge in [0, 0.05) is 37.3 Å². The fourth-order valence-electron chi connectivity index (χ4n) is 3.93. The summed E-state index contributed by atoms with van der Waals surface area (Å²) in [6.07, 6.45) is 3.34. The molecule has 0 unspecified atom stereocenters. The van der Waals surface area contributed by atoms with E-state index in [1.165, 1.54) is 0 Å². The van der Waals surface area contributed by atoms with Crippen molar-refractivity contribution >= 4 is 27.7 Å². The van der Waals surface area contributed by atoms with Gasteiger partial charge in [0.25, 0.3) is 11.5 Å². The van der Waals surface area contributed by atoms with E-state index in [2.05, 4.69) is 15.4 Å². The van der Waals surface area contributed by atoms with Crippen LogP contribution in [0, 0.1) is 6.92 Å². The van der Waals surface area contributed by atoms with Crippen molar-refractivity contribution in [1.29, 1.82) is 0 Å². The maximum atomic E-state index is 12.8. The normalized spacial score (nSPS) is 15.4. The van der Waals surface area contributed by atoms with Crippen molar-refractivity contribution in [2.24, 2.45) is 0 Å². The lowest BCUT2D eigenvalue weighted by Crippen LogP contribution is -2.31. The number of carbonyl (C=O) groups excluding carboxylic acids is 1. The van der Waals surface area contributed by atoms with Crippen LogP contribution in [-0.4, -0.2) is 66.0 Å². The van der Waals surface area contributed by atoms with E-state index >= 15 is 0 Å². The number of nitrogens with zero attached hydrogens (tertiary/aromatic N) is 3. The van der Waals surface area contributed by atoms with Gasteiger partial charge in [0.05, 0.1) is 28.7 Å². The Balaban J connectivity index is 1.82. The van der Waals surface area contributed by atoms with Crippen LogP contribution in [0.25, 0.3) is 21.8 Å².